The number of hydrazine groups is 1. The number of hydrogen-bond donors (Lipinski definition) is 3. The molecule has 1 heterocycles. The molecule has 0 bridgehead atoms. The number of nitrogens with zero attached hydrogens (tertiary/aromatic N) is 2. The van der Waals surface area contributed by atoms with E-state index in [2.05, 4.69) is 10.5 Å². The summed E-state index contributed by atoms with van der Waals surface area (Å²) >= 11 is 0. The number of aromatic nitrogens is 2. The molecule has 0 aliphatic rings. The molecule has 0 spiro atoms. The molecule has 1 amide bonds. The zero-order valence-electron chi connectivity index (χ0n) is 10.1. The van der Waals surface area contributed by atoms with E-state index >= 15 is 0 Å². The van der Waals surface area contributed by atoms with Gasteiger partial charge in [0.25, 0.3) is 5.91 Å². The van der Waals surface area contributed by atoms with Crippen molar-refractivity contribution >= 4 is 11.7 Å². The molecule has 1 aromatic heterocycles. The predicted octanol–water partition coefficient (Wildman–Crippen LogP) is 0.426. The molecule has 2 aromatic rings. The Balaban J connectivity index is 2.33. The molecule has 0 fully saturated rings. The molecular weight excluding hydrogens is 230 g/mol. The SMILES string of the molecule is Cc1nn(Cc2ccccc2)c(N)c1C(=O)NN. The Kier molecular flexibility index (Phi) is 3.29. The van der Waals surface area contributed by atoms with E-state index in [9.17, 15) is 4.79 Å². The maximum atomic E-state index is 11.6. The maximum Gasteiger partial charge on any atom is 0.270 e. The topological polar surface area (TPSA) is 99.0 Å². The number of nitrogens with one attached hydrogen (secondary N) is 1. The van der Waals surface area contributed by atoms with Crippen LogP contribution < -0.4 is 17.0 Å². The minimum atomic E-state index is -0.427. The normalized spacial score (nSPS) is 10.3. The van der Waals surface area contributed by atoms with Crippen LogP contribution in [0.5, 0.6) is 0 Å². The molecule has 6 heteroatoms. The van der Waals surface area contributed by atoms with E-state index in [-0.39, 0.29) is 0 Å². The summed E-state index contributed by atoms with van der Waals surface area (Å²) in [6.07, 6.45) is 0. The van der Waals surface area contributed by atoms with Gasteiger partial charge in [-0.1, -0.05) is 30.3 Å². The molecule has 0 saturated heterocycles. The smallest absolute Gasteiger partial charge is 0.270 e. The first-order valence-electron chi connectivity index (χ1n) is 5.51. The first kappa shape index (κ1) is 12.1. The number of carbonyl (C=O) groups is 1. The van der Waals surface area contributed by atoms with Gasteiger partial charge in [-0.2, -0.15) is 5.10 Å². The van der Waals surface area contributed by atoms with Crippen molar-refractivity contribution < 1.29 is 4.79 Å². The van der Waals surface area contributed by atoms with E-state index in [0.717, 1.165) is 5.56 Å². The third-order valence-corrected chi connectivity index (χ3v) is 2.70. The fraction of sp³-hybridized carbons (Fsp3) is 0.167. The van der Waals surface area contributed by atoms with Crippen molar-refractivity contribution in [2.45, 2.75) is 13.5 Å². The van der Waals surface area contributed by atoms with E-state index in [1.54, 1.807) is 11.6 Å². The number of aryl methyl sites for hydroxylation is 1. The lowest BCUT2D eigenvalue weighted by Crippen LogP contribution is -2.31. The Hall–Kier alpha value is -2.34. The van der Waals surface area contributed by atoms with E-state index < -0.39 is 5.91 Å². The highest BCUT2D eigenvalue weighted by Gasteiger charge is 2.18. The van der Waals surface area contributed by atoms with Crippen LogP contribution in [0.3, 0.4) is 0 Å². The number of anilines is 1. The van der Waals surface area contributed by atoms with Crippen LogP contribution >= 0.6 is 0 Å². The Labute approximate surface area is 105 Å². The summed E-state index contributed by atoms with van der Waals surface area (Å²) in [7, 11) is 0. The minimum Gasteiger partial charge on any atom is -0.383 e. The summed E-state index contributed by atoms with van der Waals surface area (Å²) < 4.78 is 1.59. The van der Waals surface area contributed by atoms with Gasteiger partial charge in [-0.05, 0) is 12.5 Å². The quantitative estimate of drug-likeness (QED) is 0.414. The van der Waals surface area contributed by atoms with Crippen LogP contribution in [0.4, 0.5) is 5.82 Å². The third-order valence-electron chi connectivity index (χ3n) is 2.70. The molecule has 0 atom stereocenters. The predicted molar refractivity (Wildman–Crippen MR) is 68.6 cm³/mol. The second-order valence-corrected chi connectivity index (χ2v) is 3.96. The number of nitrogens with two attached hydrogens (primary N) is 2. The van der Waals surface area contributed by atoms with Crippen LogP contribution in [0.25, 0.3) is 0 Å². The lowest BCUT2D eigenvalue weighted by atomic mass is 10.2. The molecule has 94 valence electrons. The van der Waals surface area contributed by atoms with Crippen molar-refractivity contribution in [1.82, 2.24) is 15.2 Å². The molecule has 0 aliphatic heterocycles. The first-order valence-corrected chi connectivity index (χ1v) is 5.51. The monoisotopic (exact) mass is 245 g/mol. The molecule has 0 saturated carbocycles. The number of benzene rings is 1. The van der Waals surface area contributed by atoms with Gasteiger partial charge in [-0.3, -0.25) is 10.2 Å². The molecular formula is C12H15N5O. The highest BCUT2D eigenvalue weighted by molar-refractivity contribution is 5.99. The lowest BCUT2D eigenvalue weighted by Gasteiger charge is -2.04. The molecule has 0 unspecified atom stereocenters. The van der Waals surface area contributed by atoms with E-state index in [1.165, 1.54) is 0 Å². The first-order chi connectivity index (χ1) is 8.63. The van der Waals surface area contributed by atoms with Gasteiger partial charge in [0.2, 0.25) is 0 Å². The van der Waals surface area contributed by atoms with E-state index in [4.69, 9.17) is 11.6 Å². The molecule has 1 aromatic carbocycles. The molecule has 0 aliphatic carbocycles. The van der Waals surface area contributed by atoms with Gasteiger partial charge in [0.1, 0.15) is 11.4 Å². The van der Waals surface area contributed by atoms with Gasteiger partial charge < -0.3 is 5.73 Å². The minimum absolute atomic E-state index is 0.319. The molecule has 5 N–H and O–H groups in total. The largest absolute Gasteiger partial charge is 0.383 e. The van der Waals surface area contributed by atoms with Crippen LogP contribution in [0.1, 0.15) is 21.6 Å². The summed E-state index contributed by atoms with van der Waals surface area (Å²) in [4.78, 5) is 11.6. The van der Waals surface area contributed by atoms with Crippen LogP contribution in [-0.4, -0.2) is 15.7 Å². The fourth-order valence-electron chi connectivity index (χ4n) is 1.83. The lowest BCUT2D eigenvalue weighted by molar-refractivity contribution is 0.0954. The maximum absolute atomic E-state index is 11.6. The van der Waals surface area contributed by atoms with Gasteiger partial charge in [0.05, 0.1) is 12.2 Å². The number of amides is 1. The molecule has 6 nitrogen and oxygen atoms in total. The van der Waals surface area contributed by atoms with Gasteiger partial charge in [-0.15, -0.1) is 0 Å². The van der Waals surface area contributed by atoms with Crippen molar-refractivity contribution in [2.75, 3.05) is 5.73 Å². The summed E-state index contributed by atoms with van der Waals surface area (Å²) in [6.45, 7) is 2.24. The van der Waals surface area contributed by atoms with Crippen LogP contribution in [0.2, 0.25) is 0 Å². The third kappa shape index (κ3) is 2.18. The van der Waals surface area contributed by atoms with Gasteiger partial charge in [-0.25, -0.2) is 10.5 Å². The summed E-state index contributed by atoms with van der Waals surface area (Å²) in [6, 6.07) is 9.76. The van der Waals surface area contributed by atoms with Crippen molar-refractivity contribution in [2.24, 2.45) is 5.84 Å². The van der Waals surface area contributed by atoms with E-state index in [0.29, 0.717) is 23.6 Å². The van der Waals surface area contributed by atoms with Crippen molar-refractivity contribution in [3.63, 3.8) is 0 Å². The van der Waals surface area contributed by atoms with Crippen LogP contribution in [0.15, 0.2) is 30.3 Å². The van der Waals surface area contributed by atoms with Crippen LogP contribution in [0, 0.1) is 6.92 Å². The Morgan fingerprint density at radius 1 is 1.39 bits per heavy atom. The Morgan fingerprint density at radius 3 is 2.67 bits per heavy atom. The number of rotatable bonds is 3. The fourth-order valence-corrected chi connectivity index (χ4v) is 1.83. The van der Waals surface area contributed by atoms with Crippen molar-refractivity contribution in [3.8, 4) is 0 Å². The number of hydrogen-bond acceptors (Lipinski definition) is 4. The highest BCUT2D eigenvalue weighted by Crippen LogP contribution is 2.17. The second kappa shape index (κ2) is 4.89. The summed E-state index contributed by atoms with van der Waals surface area (Å²) in [5.74, 6) is 5.00. The van der Waals surface area contributed by atoms with Crippen LogP contribution in [-0.2, 0) is 6.54 Å². The average Bonchev–Trinajstić information content (AvgIpc) is 2.65. The Bertz CT molecular complexity index is 561. The summed E-state index contributed by atoms with van der Waals surface area (Å²) in [5, 5.41) is 4.25. The zero-order valence-corrected chi connectivity index (χ0v) is 10.1. The average molecular weight is 245 g/mol. The molecule has 2 rings (SSSR count). The van der Waals surface area contributed by atoms with E-state index in [1.807, 2.05) is 30.3 Å². The van der Waals surface area contributed by atoms with Gasteiger partial charge in [0, 0.05) is 0 Å². The van der Waals surface area contributed by atoms with Gasteiger partial charge in [0.15, 0.2) is 0 Å². The van der Waals surface area contributed by atoms with Crippen molar-refractivity contribution in [1.29, 1.82) is 0 Å². The molecule has 0 radical (unpaired) electrons. The number of nitrogen functional groups attached to an aromatic ring is 2. The second-order valence-electron chi connectivity index (χ2n) is 3.96. The van der Waals surface area contributed by atoms with Crippen molar-refractivity contribution in [3.05, 3.63) is 47.2 Å². The zero-order chi connectivity index (χ0) is 13.1. The highest BCUT2D eigenvalue weighted by atomic mass is 16.2. The van der Waals surface area contributed by atoms with Gasteiger partial charge >= 0.3 is 0 Å². The molecule has 18 heavy (non-hydrogen) atoms. The number of carbonyl (C=O) groups excluding carboxylic acids is 1. The Morgan fingerprint density at radius 2 is 2.06 bits per heavy atom. The summed E-state index contributed by atoms with van der Waals surface area (Å²) in [5.41, 5.74) is 9.93. The standard InChI is InChI=1S/C12H15N5O/c1-8-10(12(18)15-14)11(13)17(16-8)7-9-5-3-2-4-6-9/h2-6H,7,13-14H2,1H3,(H,15,18).